The minimum Gasteiger partial charge on any atom is -0.494 e. The summed E-state index contributed by atoms with van der Waals surface area (Å²) in [6, 6.07) is 15.3. The van der Waals surface area contributed by atoms with Crippen molar-refractivity contribution in [3.63, 3.8) is 0 Å². The van der Waals surface area contributed by atoms with Gasteiger partial charge in [-0.05, 0) is 79.1 Å². The Balaban J connectivity index is 2.23. The van der Waals surface area contributed by atoms with E-state index in [1.54, 1.807) is 7.11 Å². The van der Waals surface area contributed by atoms with Gasteiger partial charge in [-0.2, -0.15) is 0 Å². The summed E-state index contributed by atoms with van der Waals surface area (Å²) in [5, 5.41) is 0. The third kappa shape index (κ3) is 5.69. The topological polar surface area (TPSA) is 40.6 Å². The Hall–Kier alpha value is -3.01. The molecule has 0 unspecified atom stereocenters. The van der Waals surface area contributed by atoms with E-state index in [1.165, 1.54) is 11.1 Å². The average Bonchev–Trinajstić information content (AvgIpc) is 2.83. The molecule has 0 aliphatic heterocycles. The van der Waals surface area contributed by atoms with Gasteiger partial charge in [0.2, 0.25) is 5.88 Å². The van der Waals surface area contributed by atoms with Gasteiger partial charge in [-0.3, -0.25) is 0 Å². The molecule has 3 rings (SSSR count). The molecule has 2 aromatic carbocycles. The largest absolute Gasteiger partial charge is 0.494 e. The minimum atomic E-state index is -0.323. The molecule has 36 heavy (non-hydrogen) atoms. The molecule has 0 aliphatic rings. The number of benzene rings is 2. The van der Waals surface area contributed by atoms with E-state index < -0.39 is 0 Å². The smallest absolute Gasteiger partial charge is 0.217 e. The highest BCUT2D eigenvalue weighted by Crippen LogP contribution is 2.43. The van der Waals surface area contributed by atoms with Crippen LogP contribution in [-0.2, 0) is 5.41 Å². The van der Waals surface area contributed by atoms with E-state index in [0.717, 1.165) is 33.8 Å². The second-order valence-corrected chi connectivity index (χ2v) is 10.8. The first-order chi connectivity index (χ1) is 17.0. The Kier molecular flexibility index (Phi) is 8.71. The van der Waals surface area contributed by atoms with Crippen molar-refractivity contribution in [1.29, 1.82) is 0 Å². The first-order valence-electron chi connectivity index (χ1n) is 13.1. The zero-order chi connectivity index (χ0) is 26.6. The van der Waals surface area contributed by atoms with Gasteiger partial charge in [-0.15, -0.1) is 0 Å². The quantitative estimate of drug-likeness (QED) is 0.286. The minimum absolute atomic E-state index is 0.0694. The van der Waals surface area contributed by atoms with Gasteiger partial charge in [-0.25, -0.2) is 4.98 Å². The highest BCUT2D eigenvalue weighted by Gasteiger charge is 2.29. The molecular formula is C32H43NO3. The average molecular weight is 490 g/mol. The molecule has 0 fully saturated rings. The van der Waals surface area contributed by atoms with Crippen LogP contribution in [0.5, 0.6) is 17.4 Å². The molecule has 194 valence electrons. The zero-order valence-electron chi connectivity index (χ0n) is 23.7. The fourth-order valence-corrected chi connectivity index (χ4v) is 4.81. The molecule has 3 aromatic rings. The van der Waals surface area contributed by atoms with Crippen molar-refractivity contribution in [2.45, 2.75) is 85.7 Å². The van der Waals surface area contributed by atoms with Crippen LogP contribution in [0.25, 0.3) is 11.1 Å². The lowest BCUT2D eigenvalue weighted by Crippen LogP contribution is -2.22. The molecule has 4 heteroatoms. The molecule has 1 aromatic heterocycles. The first kappa shape index (κ1) is 27.6. The standard InChI is InChI=1S/C32H43NO3/c1-11-35-29-19-24(13-14-25(29)20(2)3)32(8,9)27-18-23(12-15-28(27)36-22(6)7)26-16-17-33-31(34-10)30(26)21(4)5/h12-22H,11H2,1-10H3. The van der Waals surface area contributed by atoms with E-state index in [0.29, 0.717) is 18.4 Å². The number of rotatable bonds is 10. The van der Waals surface area contributed by atoms with Crippen molar-refractivity contribution >= 4 is 0 Å². The number of hydrogen-bond acceptors (Lipinski definition) is 4. The van der Waals surface area contributed by atoms with E-state index >= 15 is 0 Å². The molecule has 0 saturated carbocycles. The first-order valence-corrected chi connectivity index (χ1v) is 13.1. The molecule has 0 aliphatic carbocycles. The second-order valence-electron chi connectivity index (χ2n) is 10.8. The van der Waals surface area contributed by atoms with Crippen molar-refractivity contribution in [3.05, 3.63) is 70.9 Å². The molecule has 0 radical (unpaired) electrons. The highest BCUT2D eigenvalue weighted by molar-refractivity contribution is 5.72. The van der Waals surface area contributed by atoms with E-state index in [1.807, 2.05) is 13.1 Å². The SMILES string of the molecule is CCOc1cc(C(C)(C)c2cc(-c3ccnc(OC)c3C(C)C)ccc2OC(C)C)ccc1C(C)C. The second kappa shape index (κ2) is 11.4. The van der Waals surface area contributed by atoms with Crippen LogP contribution in [0.2, 0.25) is 0 Å². The molecule has 0 amide bonds. The van der Waals surface area contributed by atoms with E-state index in [9.17, 15) is 0 Å². The lowest BCUT2D eigenvalue weighted by molar-refractivity contribution is 0.237. The summed E-state index contributed by atoms with van der Waals surface area (Å²) in [4.78, 5) is 4.47. The summed E-state index contributed by atoms with van der Waals surface area (Å²) in [6.45, 7) is 20.1. The summed E-state index contributed by atoms with van der Waals surface area (Å²) >= 11 is 0. The van der Waals surface area contributed by atoms with Crippen LogP contribution in [0, 0.1) is 0 Å². The fraction of sp³-hybridized carbons (Fsp3) is 0.469. The van der Waals surface area contributed by atoms with Crippen molar-refractivity contribution in [3.8, 4) is 28.5 Å². The Labute approximate surface area is 218 Å². The Morgan fingerprint density at radius 2 is 1.58 bits per heavy atom. The van der Waals surface area contributed by atoms with Gasteiger partial charge in [0, 0.05) is 22.7 Å². The van der Waals surface area contributed by atoms with Crippen molar-refractivity contribution < 1.29 is 14.2 Å². The number of hydrogen-bond donors (Lipinski definition) is 0. The van der Waals surface area contributed by atoms with Gasteiger partial charge >= 0.3 is 0 Å². The lowest BCUT2D eigenvalue weighted by atomic mass is 9.76. The molecule has 0 N–H and O–H groups in total. The maximum atomic E-state index is 6.34. The maximum absolute atomic E-state index is 6.34. The van der Waals surface area contributed by atoms with Crippen molar-refractivity contribution in [2.75, 3.05) is 13.7 Å². The predicted octanol–water partition coefficient (Wildman–Crippen LogP) is 8.52. The van der Waals surface area contributed by atoms with Gasteiger partial charge in [0.15, 0.2) is 0 Å². The molecule has 0 bridgehead atoms. The van der Waals surface area contributed by atoms with Crippen molar-refractivity contribution in [2.24, 2.45) is 0 Å². The fourth-order valence-electron chi connectivity index (χ4n) is 4.81. The molecular weight excluding hydrogens is 446 g/mol. The van der Waals surface area contributed by atoms with Crippen molar-refractivity contribution in [1.82, 2.24) is 4.98 Å². The van der Waals surface area contributed by atoms with Gasteiger partial charge in [0.25, 0.3) is 0 Å². The monoisotopic (exact) mass is 489 g/mol. The van der Waals surface area contributed by atoms with Crippen LogP contribution in [0.4, 0.5) is 0 Å². The molecule has 0 atom stereocenters. The molecule has 4 nitrogen and oxygen atoms in total. The van der Waals surface area contributed by atoms with Crippen LogP contribution in [0.1, 0.15) is 96.4 Å². The van der Waals surface area contributed by atoms with E-state index in [2.05, 4.69) is 103 Å². The Morgan fingerprint density at radius 3 is 2.17 bits per heavy atom. The Bertz CT molecular complexity index is 1180. The van der Waals surface area contributed by atoms with Crippen LogP contribution in [0.15, 0.2) is 48.7 Å². The Morgan fingerprint density at radius 1 is 0.861 bits per heavy atom. The molecule has 0 spiro atoms. The summed E-state index contributed by atoms with van der Waals surface area (Å²) in [5.74, 6) is 3.20. The summed E-state index contributed by atoms with van der Waals surface area (Å²) in [5.41, 5.74) is 6.61. The van der Waals surface area contributed by atoms with Crippen LogP contribution < -0.4 is 14.2 Å². The number of ether oxygens (including phenoxy) is 3. The summed E-state index contributed by atoms with van der Waals surface area (Å²) < 4.78 is 18.0. The summed E-state index contributed by atoms with van der Waals surface area (Å²) in [6.07, 6.45) is 1.89. The lowest BCUT2D eigenvalue weighted by Gasteiger charge is -2.31. The number of pyridine rings is 1. The normalized spacial score (nSPS) is 11.9. The van der Waals surface area contributed by atoms with Gasteiger partial charge in [0.05, 0.1) is 19.8 Å². The zero-order valence-corrected chi connectivity index (χ0v) is 23.7. The number of methoxy groups -OCH3 is 1. The third-order valence-electron chi connectivity index (χ3n) is 6.71. The third-order valence-corrected chi connectivity index (χ3v) is 6.71. The van der Waals surface area contributed by atoms with Crippen LogP contribution >= 0.6 is 0 Å². The van der Waals surface area contributed by atoms with Crippen LogP contribution in [0.3, 0.4) is 0 Å². The van der Waals surface area contributed by atoms with Gasteiger partial charge in [0.1, 0.15) is 11.5 Å². The highest BCUT2D eigenvalue weighted by atomic mass is 16.5. The van der Waals surface area contributed by atoms with E-state index in [-0.39, 0.29) is 17.4 Å². The van der Waals surface area contributed by atoms with Gasteiger partial charge < -0.3 is 14.2 Å². The number of aromatic nitrogens is 1. The molecule has 0 saturated heterocycles. The summed E-state index contributed by atoms with van der Waals surface area (Å²) in [7, 11) is 1.68. The van der Waals surface area contributed by atoms with Crippen LogP contribution in [-0.4, -0.2) is 24.8 Å². The molecule has 1 heterocycles. The number of nitrogens with zero attached hydrogens (tertiary/aromatic N) is 1. The predicted molar refractivity (Wildman–Crippen MR) is 150 cm³/mol. The maximum Gasteiger partial charge on any atom is 0.217 e. The van der Waals surface area contributed by atoms with E-state index in [4.69, 9.17) is 14.2 Å². The van der Waals surface area contributed by atoms with Gasteiger partial charge in [-0.1, -0.05) is 59.7 Å².